The zero-order chi connectivity index (χ0) is 13.3. The van der Waals surface area contributed by atoms with Crippen LogP contribution in [0.5, 0.6) is 0 Å². The molecule has 1 aliphatic carbocycles. The molecule has 0 saturated heterocycles. The van der Waals surface area contributed by atoms with Gasteiger partial charge >= 0.3 is 0 Å². The SMILES string of the molecule is CC1CCC(C(O)c2cccc(Cl)c2F)CC1C. The van der Waals surface area contributed by atoms with Crippen LogP contribution in [-0.2, 0) is 0 Å². The lowest BCUT2D eigenvalue weighted by molar-refractivity contribution is 0.0536. The Hall–Kier alpha value is -0.600. The van der Waals surface area contributed by atoms with E-state index in [1.807, 2.05) is 0 Å². The minimum atomic E-state index is -0.737. The Balaban J connectivity index is 2.16. The average molecular weight is 271 g/mol. The lowest BCUT2D eigenvalue weighted by Gasteiger charge is -2.34. The maximum absolute atomic E-state index is 13.9. The highest BCUT2D eigenvalue weighted by atomic mass is 35.5. The Kier molecular flexibility index (Phi) is 4.29. The molecule has 0 amide bonds. The lowest BCUT2D eigenvalue weighted by atomic mass is 9.73. The fourth-order valence-electron chi connectivity index (χ4n) is 2.88. The summed E-state index contributed by atoms with van der Waals surface area (Å²) in [6.07, 6.45) is 2.27. The number of halogens is 2. The summed E-state index contributed by atoms with van der Waals surface area (Å²) in [6, 6.07) is 4.84. The van der Waals surface area contributed by atoms with Crippen molar-refractivity contribution in [2.24, 2.45) is 17.8 Å². The summed E-state index contributed by atoms with van der Waals surface area (Å²) in [5.74, 6) is 0.945. The van der Waals surface area contributed by atoms with Crippen molar-refractivity contribution in [1.29, 1.82) is 0 Å². The first-order valence-electron chi connectivity index (χ1n) is 6.62. The molecule has 18 heavy (non-hydrogen) atoms. The molecule has 1 fully saturated rings. The van der Waals surface area contributed by atoms with Crippen molar-refractivity contribution in [3.63, 3.8) is 0 Å². The zero-order valence-corrected chi connectivity index (χ0v) is 11.6. The molecule has 1 aromatic rings. The Morgan fingerprint density at radius 2 is 2.00 bits per heavy atom. The molecule has 3 heteroatoms. The van der Waals surface area contributed by atoms with Gasteiger partial charge in [0.15, 0.2) is 0 Å². The van der Waals surface area contributed by atoms with E-state index in [2.05, 4.69) is 13.8 Å². The smallest absolute Gasteiger partial charge is 0.147 e. The monoisotopic (exact) mass is 270 g/mol. The first-order valence-corrected chi connectivity index (χ1v) is 7.00. The molecule has 100 valence electrons. The van der Waals surface area contributed by atoms with Gasteiger partial charge in [-0.15, -0.1) is 0 Å². The van der Waals surface area contributed by atoms with Crippen LogP contribution in [0, 0.1) is 23.6 Å². The number of hydrogen-bond acceptors (Lipinski definition) is 1. The van der Waals surface area contributed by atoms with Gasteiger partial charge in [-0.3, -0.25) is 0 Å². The molecule has 0 spiro atoms. The summed E-state index contributed by atoms with van der Waals surface area (Å²) >= 11 is 5.76. The van der Waals surface area contributed by atoms with E-state index in [-0.39, 0.29) is 10.9 Å². The van der Waals surface area contributed by atoms with Crippen LogP contribution in [0.1, 0.15) is 44.8 Å². The van der Waals surface area contributed by atoms with E-state index in [9.17, 15) is 9.50 Å². The van der Waals surface area contributed by atoms with Crippen LogP contribution in [-0.4, -0.2) is 5.11 Å². The third kappa shape index (κ3) is 2.70. The molecule has 0 radical (unpaired) electrons. The van der Waals surface area contributed by atoms with Crippen molar-refractivity contribution in [3.05, 3.63) is 34.6 Å². The molecule has 0 aliphatic heterocycles. The Bertz CT molecular complexity index is 421. The van der Waals surface area contributed by atoms with Crippen molar-refractivity contribution in [3.8, 4) is 0 Å². The van der Waals surface area contributed by atoms with Crippen LogP contribution in [0.4, 0.5) is 4.39 Å². The second kappa shape index (κ2) is 5.58. The van der Waals surface area contributed by atoms with Gasteiger partial charge in [0, 0.05) is 5.56 Å². The first-order chi connectivity index (χ1) is 8.50. The molecule has 4 unspecified atom stereocenters. The topological polar surface area (TPSA) is 20.2 Å². The second-order valence-corrected chi connectivity index (χ2v) is 6.02. The predicted molar refractivity (Wildman–Crippen MR) is 72.0 cm³/mol. The fraction of sp³-hybridized carbons (Fsp3) is 0.600. The van der Waals surface area contributed by atoms with Crippen LogP contribution >= 0.6 is 11.6 Å². The van der Waals surface area contributed by atoms with Crippen LogP contribution in [0.3, 0.4) is 0 Å². The van der Waals surface area contributed by atoms with Gasteiger partial charge in [0.25, 0.3) is 0 Å². The predicted octanol–water partition coefficient (Wildman–Crippen LogP) is 4.58. The largest absolute Gasteiger partial charge is 0.388 e. The maximum atomic E-state index is 13.9. The molecule has 4 atom stereocenters. The summed E-state index contributed by atoms with van der Waals surface area (Å²) < 4.78 is 13.9. The van der Waals surface area contributed by atoms with Gasteiger partial charge in [-0.25, -0.2) is 4.39 Å². The molecule has 0 bridgehead atoms. The van der Waals surface area contributed by atoms with E-state index in [1.54, 1.807) is 12.1 Å². The summed E-state index contributed by atoms with van der Waals surface area (Å²) in [6.45, 7) is 4.45. The first kappa shape index (κ1) is 13.8. The normalized spacial score (nSPS) is 30.2. The number of benzene rings is 1. The van der Waals surface area contributed by atoms with Crippen LogP contribution in [0.2, 0.25) is 5.02 Å². The van der Waals surface area contributed by atoms with Crippen molar-refractivity contribution in [2.45, 2.75) is 39.2 Å². The van der Waals surface area contributed by atoms with Crippen molar-refractivity contribution in [2.75, 3.05) is 0 Å². The summed E-state index contributed by atoms with van der Waals surface area (Å²) in [7, 11) is 0. The molecule has 1 aliphatic rings. The molecule has 1 N–H and O–H groups in total. The number of hydrogen-bond donors (Lipinski definition) is 1. The number of aliphatic hydroxyl groups is 1. The summed E-state index contributed by atoms with van der Waals surface area (Å²) in [5.41, 5.74) is 0.342. The van der Waals surface area contributed by atoms with E-state index in [4.69, 9.17) is 11.6 Å². The standard InChI is InChI=1S/C15H20ClFO/c1-9-6-7-11(8-10(9)2)15(18)12-4-3-5-13(16)14(12)17/h3-5,9-11,15,18H,6-8H2,1-2H3. The highest BCUT2D eigenvalue weighted by Gasteiger charge is 2.31. The van der Waals surface area contributed by atoms with Gasteiger partial charge in [0.1, 0.15) is 5.82 Å². The van der Waals surface area contributed by atoms with Crippen LogP contribution in [0.15, 0.2) is 18.2 Å². The Labute approximate surface area is 113 Å². The van der Waals surface area contributed by atoms with E-state index in [1.165, 1.54) is 6.07 Å². The van der Waals surface area contributed by atoms with Gasteiger partial charge in [-0.2, -0.15) is 0 Å². The molecule has 2 rings (SSSR count). The molecule has 1 saturated carbocycles. The molecule has 0 aromatic heterocycles. The Morgan fingerprint density at radius 3 is 2.67 bits per heavy atom. The average Bonchev–Trinajstić information content (AvgIpc) is 2.35. The molecule has 1 aromatic carbocycles. The van der Waals surface area contributed by atoms with E-state index in [0.717, 1.165) is 19.3 Å². The third-order valence-electron chi connectivity index (χ3n) is 4.39. The van der Waals surface area contributed by atoms with E-state index < -0.39 is 11.9 Å². The number of rotatable bonds is 2. The fourth-order valence-corrected chi connectivity index (χ4v) is 3.06. The molecule has 1 nitrogen and oxygen atoms in total. The highest BCUT2D eigenvalue weighted by Crippen LogP contribution is 2.40. The maximum Gasteiger partial charge on any atom is 0.147 e. The Morgan fingerprint density at radius 1 is 1.28 bits per heavy atom. The molecular weight excluding hydrogens is 251 g/mol. The zero-order valence-electron chi connectivity index (χ0n) is 10.9. The van der Waals surface area contributed by atoms with E-state index >= 15 is 0 Å². The number of aliphatic hydroxyl groups excluding tert-OH is 1. The van der Waals surface area contributed by atoms with Crippen molar-refractivity contribution in [1.82, 2.24) is 0 Å². The molecule has 0 heterocycles. The third-order valence-corrected chi connectivity index (χ3v) is 4.68. The van der Waals surface area contributed by atoms with Crippen molar-refractivity contribution < 1.29 is 9.50 Å². The second-order valence-electron chi connectivity index (χ2n) is 5.62. The van der Waals surface area contributed by atoms with E-state index in [0.29, 0.717) is 17.4 Å². The van der Waals surface area contributed by atoms with Crippen LogP contribution < -0.4 is 0 Å². The molecular formula is C15H20ClFO. The van der Waals surface area contributed by atoms with Gasteiger partial charge in [0.2, 0.25) is 0 Å². The van der Waals surface area contributed by atoms with Crippen LogP contribution in [0.25, 0.3) is 0 Å². The van der Waals surface area contributed by atoms with Gasteiger partial charge in [0.05, 0.1) is 11.1 Å². The van der Waals surface area contributed by atoms with Crippen molar-refractivity contribution >= 4 is 11.6 Å². The highest BCUT2D eigenvalue weighted by molar-refractivity contribution is 6.30. The summed E-state index contributed by atoms with van der Waals surface area (Å²) in [4.78, 5) is 0. The van der Waals surface area contributed by atoms with Gasteiger partial charge in [-0.05, 0) is 36.7 Å². The summed E-state index contributed by atoms with van der Waals surface area (Å²) in [5, 5.41) is 10.4. The minimum Gasteiger partial charge on any atom is -0.388 e. The quantitative estimate of drug-likeness (QED) is 0.834. The minimum absolute atomic E-state index is 0.0868. The van der Waals surface area contributed by atoms with Gasteiger partial charge < -0.3 is 5.11 Å². The van der Waals surface area contributed by atoms with Gasteiger partial charge in [-0.1, -0.05) is 44.0 Å². The lowest BCUT2D eigenvalue weighted by Crippen LogP contribution is -2.25.